The predicted octanol–water partition coefficient (Wildman–Crippen LogP) is 5.22. The van der Waals surface area contributed by atoms with Crippen molar-refractivity contribution in [2.75, 3.05) is 13.2 Å². The quantitative estimate of drug-likeness (QED) is 0.492. The number of hydrogen-bond acceptors (Lipinski definition) is 8. The minimum Gasteiger partial charge on any atom is -0.444 e. The Morgan fingerprint density at radius 2 is 1.77 bits per heavy atom. The van der Waals surface area contributed by atoms with Gasteiger partial charge in [-0.15, -0.1) is 0 Å². The molecule has 2 saturated heterocycles. The van der Waals surface area contributed by atoms with Crippen molar-refractivity contribution in [1.29, 1.82) is 0 Å². The smallest absolute Gasteiger partial charge is 0.417 e. The van der Waals surface area contributed by atoms with Crippen LogP contribution in [0.1, 0.15) is 90.9 Å². The molecule has 3 aliphatic rings. The molecule has 2 aromatic heterocycles. The summed E-state index contributed by atoms with van der Waals surface area (Å²) in [6.07, 6.45) is 2.72. The summed E-state index contributed by atoms with van der Waals surface area (Å²) in [5.74, 6) is -3.76. The lowest BCUT2D eigenvalue weighted by Crippen LogP contribution is -2.62. The van der Waals surface area contributed by atoms with Gasteiger partial charge in [0.15, 0.2) is 5.65 Å². The molecule has 1 N–H and O–H groups in total. The number of amides is 3. The molecule has 1 aliphatic carbocycles. The van der Waals surface area contributed by atoms with Gasteiger partial charge in [0.1, 0.15) is 16.7 Å². The van der Waals surface area contributed by atoms with Crippen molar-refractivity contribution in [3.8, 4) is 0 Å². The van der Waals surface area contributed by atoms with E-state index in [4.69, 9.17) is 19.2 Å². The zero-order valence-corrected chi connectivity index (χ0v) is 25.6. The summed E-state index contributed by atoms with van der Waals surface area (Å²) in [4.78, 5) is 45.1. The van der Waals surface area contributed by atoms with Crippen molar-refractivity contribution in [2.45, 2.75) is 109 Å². The molecule has 236 valence electrons. The number of fused-ring (bicyclic) bond motifs is 1. The van der Waals surface area contributed by atoms with Gasteiger partial charge in [0.2, 0.25) is 11.8 Å². The lowest BCUT2D eigenvalue weighted by Gasteiger charge is -2.43. The van der Waals surface area contributed by atoms with E-state index in [0.717, 1.165) is 5.56 Å². The molecule has 11 nitrogen and oxygen atoms in total. The van der Waals surface area contributed by atoms with Crippen molar-refractivity contribution in [2.24, 2.45) is 11.8 Å². The fraction of sp³-hybridized carbons (Fsp3) is 0.700. The van der Waals surface area contributed by atoms with Gasteiger partial charge in [-0.2, -0.15) is 5.10 Å². The number of carbonyl (C=O) groups excluding carboxylic acids is 3. The molecule has 43 heavy (non-hydrogen) atoms. The molecule has 3 amide bonds. The lowest BCUT2D eigenvalue weighted by atomic mass is 9.81. The fourth-order valence-corrected chi connectivity index (χ4v) is 6.13. The topological polar surface area (TPSA) is 124 Å². The highest BCUT2D eigenvalue weighted by atomic mass is 19.3. The molecule has 2 aromatic rings. The number of nitrogens with zero attached hydrogens (tertiary/aromatic N) is 4. The Morgan fingerprint density at radius 3 is 2.35 bits per heavy atom. The van der Waals surface area contributed by atoms with Gasteiger partial charge in [-0.1, -0.05) is 0 Å². The standard InChI is InChI=1S/C30H41F2N5O6/c1-27(2,3)42-25(39)35-23(19-7-9-30(31,32)10-8-19)21-15-36-22(34-21)12-18(14-33-36)11-20-13-29(16-41-17-29)37(24(20)38)26(40)43-28(4,5)6/h12,14-15,19-20,23H,7-11,13,16-17H2,1-6H3,(H,35,39)/t20?,23-/m0/s1. The highest BCUT2D eigenvalue weighted by Crippen LogP contribution is 2.43. The van der Waals surface area contributed by atoms with E-state index >= 15 is 0 Å². The molecule has 0 bridgehead atoms. The number of nitrogens with one attached hydrogen (secondary N) is 1. The van der Waals surface area contributed by atoms with Crippen LogP contribution in [-0.2, 0) is 25.4 Å². The summed E-state index contributed by atoms with van der Waals surface area (Å²) in [6, 6.07) is 1.16. The van der Waals surface area contributed by atoms with Gasteiger partial charge in [-0.3, -0.25) is 4.79 Å². The first-order chi connectivity index (χ1) is 19.9. The maximum atomic E-state index is 13.9. The minimum atomic E-state index is -2.72. The normalized spacial score (nSPS) is 22.8. The van der Waals surface area contributed by atoms with Crippen LogP contribution < -0.4 is 5.32 Å². The third-order valence-corrected chi connectivity index (χ3v) is 8.09. The van der Waals surface area contributed by atoms with Crippen LogP contribution in [0.4, 0.5) is 18.4 Å². The molecule has 3 fully saturated rings. The van der Waals surface area contributed by atoms with E-state index in [2.05, 4.69) is 10.4 Å². The Bertz CT molecular complexity index is 1380. The highest BCUT2D eigenvalue weighted by Gasteiger charge is 2.59. The maximum Gasteiger partial charge on any atom is 0.417 e. The first-order valence-corrected chi connectivity index (χ1v) is 14.8. The first kappa shape index (κ1) is 31.1. The summed E-state index contributed by atoms with van der Waals surface area (Å²) >= 11 is 0. The zero-order chi connectivity index (χ0) is 31.4. The van der Waals surface area contributed by atoms with Crippen LogP contribution in [0.5, 0.6) is 0 Å². The third-order valence-electron chi connectivity index (χ3n) is 8.09. The number of imide groups is 1. The second kappa shape index (κ2) is 11.0. The number of halogens is 2. The Labute approximate surface area is 249 Å². The average molecular weight is 606 g/mol. The summed E-state index contributed by atoms with van der Waals surface area (Å²) in [5.41, 5.74) is -0.462. The summed E-state index contributed by atoms with van der Waals surface area (Å²) in [6.45, 7) is 11.1. The van der Waals surface area contributed by atoms with Crippen molar-refractivity contribution in [3.63, 3.8) is 0 Å². The first-order valence-electron chi connectivity index (χ1n) is 14.8. The van der Waals surface area contributed by atoms with Crippen molar-refractivity contribution in [3.05, 3.63) is 29.7 Å². The van der Waals surface area contributed by atoms with Crippen molar-refractivity contribution < 1.29 is 37.4 Å². The van der Waals surface area contributed by atoms with E-state index in [1.807, 2.05) is 6.07 Å². The largest absolute Gasteiger partial charge is 0.444 e. The Morgan fingerprint density at radius 1 is 1.12 bits per heavy atom. The van der Waals surface area contributed by atoms with Crippen molar-refractivity contribution >= 4 is 23.7 Å². The second-order valence-electron chi connectivity index (χ2n) is 14.1. The molecule has 1 unspecified atom stereocenters. The highest BCUT2D eigenvalue weighted by molar-refractivity contribution is 5.97. The number of rotatable bonds is 5. The molecule has 0 radical (unpaired) electrons. The summed E-state index contributed by atoms with van der Waals surface area (Å²) in [5, 5.41) is 7.35. The predicted molar refractivity (Wildman–Crippen MR) is 150 cm³/mol. The van der Waals surface area contributed by atoms with Gasteiger partial charge in [0.25, 0.3) is 0 Å². The Balaban J connectivity index is 1.36. The minimum absolute atomic E-state index is 0.226. The molecule has 2 atom stereocenters. The lowest BCUT2D eigenvalue weighted by molar-refractivity contribution is -0.149. The Hall–Kier alpha value is -3.35. The van der Waals surface area contributed by atoms with Crippen LogP contribution in [-0.4, -0.2) is 73.5 Å². The number of imidazole rings is 1. The van der Waals surface area contributed by atoms with Gasteiger partial charge in [0, 0.05) is 18.8 Å². The maximum absolute atomic E-state index is 13.9. The Kier molecular flexibility index (Phi) is 7.94. The number of carbonyl (C=O) groups is 3. The number of alkyl halides is 2. The van der Waals surface area contributed by atoms with Gasteiger partial charge in [0.05, 0.1) is 37.3 Å². The van der Waals surface area contributed by atoms with E-state index in [9.17, 15) is 23.2 Å². The van der Waals surface area contributed by atoms with Crippen molar-refractivity contribution in [1.82, 2.24) is 24.8 Å². The third kappa shape index (κ3) is 6.91. The second-order valence-corrected chi connectivity index (χ2v) is 14.1. The van der Waals surface area contributed by atoms with Crippen LogP contribution in [0.2, 0.25) is 0 Å². The number of ether oxygens (including phenoxy) is 3. The number of aromatic nitrogens is 3. The SMILES string of the molecule is CC(C)(C)OC(=O)N[C@H](c1cn2ncc(CC3CC4(COC4)N(C(=O)OC(C)(C)C)C3=O)cc2n1)C1CCC(F)(F)CC1. The van der Waals surface area contributed by atoms with Crippen LogP contribution >= 0.6 is 0 Å². The molecular formula is C30H41F2N5O6. The van der Waals surface area contributed by atoms with Gasteiger partial charge in [-0.05, 0) is 84.8 Å². The number of likely N-dealkylation sites (tertiary alicyclic amines) is 1. The molecule has 2 aliphatic heterocycles. The van der Waals surface area contributed by atoms with Crippen LogP contribution in [0.15, 0.2) is 18.5 Å². The van der Waals surface area contributed by atoms with E-state index in [1.165, 1.54) is 4.90 Å². The molecule has 0 aromatic carbocycles. The van der Waals surface area contributed by atoms with Gasteiger partial charge in [-0.25, -0.2) is 32.8 Å². The van der Waals surface area contributed by atoms with Crippen LogP contribution in [0.3, 0.4) is 0 Å². The zero-order valence-electron chi connectivity index (χ0n) is 25.6. The summed E-state index contributed by atoms with van der Waals surface area (Å²) < 4.78 is 45.8. The van der Waals surface area contributed by atoms with E-state index in [1.54, 1.807) is 58.5 Å². The van der Waals surface area contributed by atoms with E-state index in [-0.39, 0.29) is 50.7 Å². The van der Waals surface area contributed by atoms with E-state index < -0.39 is 46.8 Å². The van der Waals surface area contributed by atoms with Gasteiger partial charge < -0.3 is 19.5 Å². The average Bonchev–Trinajstić information content (AvgIpc) is 3.39. The molecular weight excluding hydrogens is 564 g/mol. The molecule has 13 heteroatoms. The molecule has 4 heterocycles. The monoisotopic (exact) mass is 605 g/mol. The van der Waals surface area contributed by atoms with Crippen LogP contribution in [0.25, 0.3) is 5.65 Å². The molecule has 5 rings (SSSR count). The number of hydrogen-bond donors (Lipinski definition) is 1. The molecule has 1 saturated carbocycles. The summed E-state index contributed by atoms with van der Waals surface area (Å²) in [7, 11) is 0. The molecule has 1 spiro atoms. The number of alkyl carbamates (subject to hydrolysis) is 1. The van der Waals surface area contributed by atoms with Crippen LogP contribution in [0, 0.1) is 11.8 Å². The van der Waals surface area contributed by atoms with E-state index in [0.29, 0.717) is 24.2 Å². The fourth-order valence-electron chi connectivity index (χ4n) is 6.13. The van der Waals surface area contributed by atoms with Gasteiger partial charge >= 0.3 is 12.2 Å².